The van der Waals surface area contributed by atoms with Crippen LogP contribution in [0.3, 0.4) is 0 Å². The molecule has 0 aromatic heterocycles. The van der Waals surface area contributed by atoms with Gasteiger partial charge in [0.1, 0.15) is 5.60 Å². The van der Waals surface area contributed by atoms with Crippen molar-refractivity contribution < 1.29 is 14.3 Å². The summed E-state index contributed by atoms with van der Waals surface area (Å²) >= 11 is 0. The molecule has 0 heterocycles. The Kier molecular flexibility index (Phi) is 5.11. The van der Waals surface area contributed by atoms with E-state index in [1.165, 1.54) is 0 Å². The summed E-state index contributed by atoms with van der Waals surface area (Å²) < 4.78 is 5.05. The molecule has 0 spiro atoms. The van der Waals surface area contributed by atoms with Gasteiger partial charge in [0.2, 0.25) is 5.91 Å². The van der Waals surface area contributed by atoms with Gasteiger partial charge in [0.05, 0.1) is 0 Å². The van der Waals surface area contributed by atoms with Crippen molar-refractivity contribution in [2.75, 3.05) is 0 Å². The van der Waals surface area contributed by atoms with Gasteiger partial charge < -0.3 is 15.8 Å². The third-order valence-corrected chi connectivity index (χ3v) is 1.59. The molecular weight excluding hydrogens is 196 g/mol. The van der Waals surface area contributed by atoms with Crippen LogP contribution in [-0.4, -0.2) is 23.6 Å². The number of nitrogens with one attached hydrogen (secondary N) is 1. The molecule has 1 atom stereocenters. The molecule has 0 saturated carbocycles. The second-order valence-electron chi connectivity index (χ2n) is 4.55. The van der Waals surface area contributed by atoms with Crippen LogP contribution in [0.15, 0.2) is 0 Å². The largest absolute Gasteiger partial charge is 0.444 e. The van der Waals surface area contributed by atoms with E-state index in [2.05, 4.69) is 5.32 Å². The Balaban J connectivity index is 3.81. The third-order valence-electron chi connectivity index (χ3n) is 1.59. The van der Waals surface area contributed by atoms with Crippen LogP contribution in [0.25, 0.3) is 0 Å². The Hall–Kier alpha value is -1.26. The number of alkyl carbamates (subject to hydrolysis) is 1. The number of primary amides is 1. The van der Waals surface area contributed by atoms with Gasteiger partial charge in [-0.25, -0.2) is 4.79 Å². The lowest BCUT2D eigenvalue weighted by Crippen LogP contribution is -2.38. The lowest BCUT2D eigenvalue weighted by atomic mass is 10.2. The maximum absolute atomic E-state index is 11.3. The molecule has 0 aliphatic rings. The van der Waals surface area contributed by atoms with E-state index in [0.29, 0.717) is 6.42 Å². The van der Waals surface area contributed by atoms with Crippen molar-refractivity contribution in [3.63, 3.8) is 0 Å². The SMILES string of the molecule is C[C@H](CCC(N)=O)NC(=O)OC(C)(C)C. The Morgan fingerprint density at radius 2 is 1.93 bits per heavy atom. The molecule has 2 amide bonds. The smallest absolute Gasteiger partial charge is 0.407 e. The summed E-state index contributed by atoms with van der Waals surface area (Å²) in [5.74, 6) is -0.368. The van der Waals surface area contributed by atoms with E-state index >= 15 is 0 Å². The fraction of sp³-hybridized carbons (Fsp3) is 0.800. The maximum Gasteiger partial charge on any atom is 0.407 e. The molecule has 0 radical (unpaired) electrons. The van der Waals surface area contributed by atoms with Crippen LogP contribution < -0.4 is 11.1 Å². The Morgan fingerprint density at radius 1 is 1.40 bits per heavy atom. The molecule has 15 heavy (non-hydrogen) atoms. The summed E-state index contributed by atoms with van der Waals surface area (Å²) in [6.07, 6.45) is 0.311. The summed E-state index contributed by atoms with van der Waals surface area (Å²) in [5.41, 5.74) is 4.48. The van der Waals surface area contributed by atoms with Gasteiger partial charge in [-0.15, -0.1) is 0 Å². The van der Waals surface area contributed by atoms with E-state index in [-0.39, 0.29) is 18.4 Å². The van der Waals surface area contributed by atoms with Gasteiger partial charge in [-0.2, -0.15) is 0 Å². The fourth-order valence-corrected chi connectivity index (χ4v) is 0.940. The second-order valence-corrected chi connectivity index (χ2v) is 4.55. The van der Waals surface area contributed by atoms with E-state index in [9.17, 15) is 9.59 Å². The predicted molar refractivity (Wildman–Crippen MR) is 57.3 cm³/mol. The number of carbonyl (C=O) groups excluding carboxylic acids is 2. The van der Waals surface area contributed by atoms with Crippen LogP contribution in [0, 0.1) is 0 Å². The molecule has 0 unspecified atom stereocenters. The highest BCUT2D eigenvalue weighted by Crippen LogP contribution is 2.07. The zero-order chi connectivity index (χ0) is 12.1. The predicted octanol–water partition coefficient (Wildman–Crippen LogP) is 1.17. The molecule has 3 N–H and O–H groups in total. The molecule has 0 rings (SSSR count). The molecule has 0 fully saturated rings. The Labute approximate surface area is 90.4 Å². The summed E-state index contributed by atoms with van der Waals surface area (Å²) in [6, 6.07) is -0.118. The summed E-state index contributed by atoms with van der Waals surface area (Å²) in [4.78, 5) is 21.8. The van der Waals surface area contributed by atoms with Gasteiger partial charge >= 0.3 is 6.09 Å². The lowest BCUT2D eigenvalue weighted by Gasteiger charge is -2.21. The van der Waals surface area contributed by atoms with E-state index in [4.69, 9.17) is 10.5 Å². The minimum atomic E-state index is -0.506. The molecule has 5 heteroatoms. The molecule has 0 aliphatic heterocycles. The minimum absolute atomic E-state index is 0.118. The van der Waals surface area contributed by atoms with Crippen molar-refractivity contribution in [2.45, 2.75) is 52.2 Å². The van der Waals surface area contributed by atoms with E-state index in [0.717, 1.165) is 0 Å². The number of amides is 2. The quantitative estimate of drug-likeness (QED) is 0.740. The first kappa shape index (κ1) is 13.7. The van der Waals surface area contributed by atoms with Crippen molar-refractivity contribution >= 4 is 12.0 Å². The number of rotatable bonds is 4. The van der Waals surface area contributed by atoms with Crippen molar-refractivity contribution in [3.8, 4) is 0 Å². The van der Waals surface area contributed by atoms with Gasteiger partial charge in [0, 0.05) is 12.5 Å². The Morgan fingerprint density at radius 3 is 2.33 bits per heavy atom. The standard InChI is InChI=1S/C10H20N2O3/c1-7(5-6-8(11)13)12-9(14)15-10(2,3)4/h7H,5-6H2,1-4H3,(H2,11,13)(H,12,14)/t7-/m1/s1. The van der Waals surface area contributed by atoms with Crippen LogP contribution in [-0.2, 0) is 9.53 Å². The minimum Gasteiger partial charge on any atom is -0.444 e. The lowest BCUT2D eigenvalue weighted by molar-refractivity contribution is -0.118. The average Bonchev–Trinajstić information content (AvgIpc) is 1.96. The average molecular weight is 216 g/mol. The molecule has 88 valence electrons. The summed E-state index contributed by atoms with van der Waals surface area (Å²) in [6.45, 7) is 7.18. The van der Waals surface area contributed by atoms with Gasteiger partial charge in [-0.05, 0) is 34.1 Å². The Bertz CT molecular complexity index is 233. The van der Waals surface area contributed by atoms with E-state index < -0.39 is 11.7 Å². The molecule has 0 aliphatic carbocycles. The molecular formula is C10H20N2O3. The van der Waals surface area contributed by atoms with Crippen molar-refractivity contribution in [3.05, 3.63) is 0 Å². The number of carbonyl (C=O) groups is 2. The maximum atomic E-state index is 11.3. The number of hydrogen-bond acceptors (Lipinski definition) is 3. The van der Waals surface area contributed by atoms with Gasteiger partial charge in [-0.1, -0.05) is 0 Å². The molecule has 0 bridgehead atoms. The van der Waals surface area contributed by atoms with Crippen LogP contribution >= 0.6 is 0 Å². The fourth-order valence-electron chi connectivity index (χ4n) is 0.940. The zero-order valence-corrected chi connectivity index (χ0v) is 9.79. The van der Waals surface area contributed by atoms with Gasteiger partial charge in [0.15, 0.2) is 0 Å². The second kappa shape index (κ2) is 5.58. The van der Waals surface area contributed by atoms with Gasteiger partial charge in [0.25, 0.3) is 0 Å². The van der Waals surface area contributed by atoms with Crippen molar-refractivity contribution in [2.24, 2.45) is 5.73 Å². The normalized spacial score (nSPS) is 13.1. The highest BCUT2D eigenvalue weighted by atomic mass is 16.6. The molecule has 5 nitrogen and oxygen atoms in total. The monoisotopic (exact) mass is 216 g/mol. The number of ether oxygens (including phenoxy) is 1. The first-order valence-electron chi connectivity index (χ1n) is 4.98. The summed E-state index contributed by atoms with van der Waals surface area (Å²) in [5, 5.41) is 2.62. The van der Waals surface area contributed by atoms with Crippen LogP contribution in [0.4, 0.5) is 4.79 Å². The number of hydrogen-bond donors (Lipinski definition) is 2. The topological polar surface area (TPSA) is 81.4 Å². The third kappa shape index (κ3) is 9.05. The first-order valence-corrected chi connectivity index (χ1v) is 4.98. The highest BCUT2D eigenvalue weighted by molar-refractivity contribution is 5.74. The first-order chi connectivity index (χ1) is 6.70. The van der Waals surface area contributed by atoms with Crippen molar-refractivity contribution in [1.82, 2.24) is 5.32 Å². The number of nitrogens with two attached hydrogens (primary N) is 1. The molecule has 0 aromatic rings. The zero-order valence-electron chi connectivity index (χ0n) is 9.79. The van der Waals surface area contributed by atoms with Gasteiger partial charge in [-0.3, -0.25) is 4.79 Å². The molecule has 0 saturated heterocycles. The van der Waals surface area contributed by atoms with Crippen LogP contribution in [0.1, 0.15) is 40.5 Å². The highest BCUT2D eigenvalue weighted by Gasteiger charge is 2.17. The molecule has 0 aromatic carbocycles. The van der Waals surface area contributed by atoms with Crippen LogP contribution in [0.2, 0.25) is 0 Å². The van der Waals surface area contributed by atoms with Crippen LogP contribution in [0.5, 0.6) is 0 Å². The summed E-state index contributed by atoms with van der Waals surface area (Å²) in [7, 11) is 0. The van der Waals surface area contributed by atoms with E-state index in [1.54, 1.807) is 27.7 Å². The van der Waals surface area contributed by atoms with E-state index in [1.807, 2.05) is 0 Å². The van der Waals surface area contributed by atoms with Crippen molar-refractivity contribution in [1.29, 1.82) is 0 Å².